The van der Waals surface area contributed by atoms with Crippen molar-refractivity contribution >= 4 is 98.3 Å². The van der Waals surface area contributed by atoms with E-state index < -0.39 is 6.00 Å². The largest absolute Gasteiger partial charge is 0.372 e. The van der Waals surface area contributed by atoms with E-state index >= 15 is 0 Å². The number of hydrogen-bond acceptors (Lipinski definition) is 0. The van der Waals surface area contributed by atoms with Crippen molar-refractivity contribution in [2.45, 2.75) is 0 Å². The van der Waals surface area contributed by atoms with Crippen LogP contribution >= 0.6 is 33.2 Å². The molecule has 10 rings (SSSR count). The summed E-state index contributed by atoms with van der Waals surface area (Å²) in [7, 11) is 0. The highest BCUT2D eigenvalue weighted by molar-refractivity contribution is 7.69. The van der Waals surface area contributed by atoms with Crippen molar-refractivity contribution in [3.8, 4) is 44.5 Å². The molecule has 0 radical (unpaired) electrons. The van der Waals surface area contributed by atoms with E-state index in [9.17, 15) is 0 Å². The normalized spacial score (nSPS) is 12.0. The van der Waals surface area contributed by atoms with Crippen LogP contribution in [0.4, 0.5) is 0 Å². The molecule has 0 aliphatic rings. The predicted octanol–water partition coefficient (Wildman–Crippen LogP) is 15.0. The van der Waals surface area contributed by atoms with Crippen LogP contribution in [0.25, 0.3) is 98.4 Å². The van der Waals surface area contributed by atoms with Crippen LogP contribution in [-0.4, -0.2) is 6.00 Å². The van der Waals surface area contributed by atoms with Crippen molar-refractivity contribution in [3.63, 3.8) is 0 Å². The molecule has 0 N–H and O–H groups in total. The first kappa shape index (κ1) is 33.2. The first-order chi connectivity index (χ1) is 26.4. The molecule has 0 nitrogen and oxygen atoms in total. The molecule has 4 heteroatoms. The van der Waals surface area contributed by atoms with Gasteiger partial charge in [-0.05, 0) is 128 Å². The second kappa shape index (κ2) is 13.2. The summed E-state index contributed by atoms with van der Waals surface area (Å²) in [6.07, 6.45) is 0. The van der Waals surface area contributed by atoms with E-state index in [0.29, 0.717) is 0 Å². The highest BCUT2D eigenvalue weighted by Gasteiger charge is 2.29. The summed E-state index contributed by atoms with van der Waals surface area (Å²) >= 11 is 19.9. The Balaban J connectivity index is 1.58. The van der Waals surface area contributed by atoms with Crippen molar-refractivity contribution < 1.29 is 0 Å². The zero-order valence-corrected chi connectivity index (χ0v) is 32.3. The molecule has 256 valence electrons. The summed E-state index contributed by atoms with van der Waals surface area (Å²) in [5, 5.41) is 12.6. The van der Waals surface area contributed by atoms with Crippen LogP contribution in [-0.2, 0) is 0 Å². The van der Waals surface area contributed by atoms with Gasteiger partial charge >= 0.3 is 6.00 Å². The van der Waals surface area contributed by atoms with Crippen LogP contribution in [0.3, 0.4) is 0 Å². The van der Waals surface area contributed by atoms with Gasteiger partial charge in [0.2, 0.25) is 0 Å². The van der Waals surface area contributed by atoms with E-state index in [2.05, 4.69) is 182 Å². The van der Waals surface area contributed by atoms with Gasteiger partial charge in [-0.15, -0.1) is 33.2 Å². The molecule has 0 atom stereocenters. The lowest BCUT2D eigenvalue weighted by molar-refractivity contribution is 1.64. The van der Waals surface area contributed by atoms with Crippen LogP contribution in [0.1, 0.15) is 0 Å². The fraction of sp³-hybridized carbons (Fsp3) is 0. The van der Waals surface area contributed by atoms with Gasteiger partial charge in [-0.25, -0.2) is 0 Å². The lowest BCUT2D eigenvalue weighted by Crippen LogP contribution is -2.29. The van der Waals surface area contributed by atoms with Crippen LogP contribution in [0, 0.1) is 0 Å². The van der Waals surface area contributed by atoms with Gasteiger partial charge in [-0.1, -0.05) is 164 Å². The van der Waals surface area contributed by atoms with Crippen LogP contribution in [0.2, 0.25) is 0 Å². The molecule has 0 heterocycles. The molecule has 0 aliphatic carbocycles. The Morgan fingerprint density at radius 2 is 0.574 bits per heavy atom. The van der Waals surface area contributed by atoms with E-state index in [-0.39, 0.29) is 0 Å². The molecule has 0 aromatic heterocycles. The average molecular weight is 766 g/mol. The summed E-state index contributed by atoms with van der Waals surface area (Å²) in [6.45, 7) is 0. The van der Waals surface area contributed by atoms with Gasteiger partial charge in [0.15, 0.2) is 0 Å². The van der Waals surface area contributed by atoms with Crippen LogP contribution < -0.4 is 5.19 Å². The molecule has 0 fully saturated rings. The number of rotatable bonds is 5. The molecule has 0 aliphatic heterocycles. The van der Waals surface area contributed by atoms with Gasteiger partial charge < -0.3 is 0 Å². The van der Waals surface area contributed by atoms with E-state index in [1.165, 1.54) is 71.1 Å². The number of fused-ring (bicyclic) bond motifs is 5. The molecular formula is C50H31Cl3Si. The predicted molar refractivity (Wildman–Crippen MR) is 239 cm³/mol. The van der Waals surface area contributed by atoms with Crippen LogP contribution in [0.5, 0.6) is 0 Å². The third kappa shape index (κ3) is 5.51. The number of halogens is 3. The SMILES string of the molecule is Cl[Si](Cl)(Cl)c1ccc2cc3c(-c4ccccc4)c4c(-c5ccccc5)c5cc6ccccc6cc5c(-c5ccccc5)c4c(-c4ccccc4)c3cc2c1. The van der Waals surface area contributed by atoms with E-state index in [1.54, 1.807) is 0 Å². The third-order valence-corrected chi connectivity index (χ3v) is 13.7. The Bertz CT molecular complexity index is 3050. The molecule has 54 heavy (non-hydrogen) atoms. The maximum absolute atomic E-state index is 6.62. The second-order valence-corrected chi connectivity index (χ2v) is 22.3. The van der Waals surface area contributed by atoms with Gasteiger partial charge in [0.05, 0.1) is 0 Å². The minimum atomic E-state index is -3.14. The maximum atomic E-state index is 6.62. The van der Waals surface area contributed by atoms with Gasteiger partial charge in [0, 0.05) is 0 Å². The minimum Gasteiger partial charge on any atom is -0.121 e. The molecule has 0 amide bonds. The summed E-state index contributed by atoms with van der Waals surface area (Å²) in [5.41, 5.74) is 9.48. The van der Waals surface area contributed by atoms with Gasteiger partial charge in [-0.3, -0.25) is 0 Å². The summed E-state index contributed by atoms with van der Waals surface area (Å²) in [6, 6.07) is 64.8. The Morgan fingerprint density at radius 3 is 0.907 bits per heavy atom. The molecule has 0 bridgehead atoms. The van der Waals surface area contributed by atoms with Gasteiger partial charge in [0.25, 0.3) is 0 Å². The quantitative estimate of drug-likeness (QED) is 0.0930. The Labute approximate surface area is 328 Å². The van der Waals surface area contributed by atoms with Crippen molar-refractivity contribution in [3.05, 3.63) is 188 Å². The second-order valence-electron chi connectivity index (χ2n) is 13.9. The fourth-order valence-corrected chi connectivity index (χ4v) is 10.1. The van der Waals surface area contributed by atoms with Gasteiger partial charge in [-0.2, -0.15) is 0 Å². The zero-order chi connectivity index (χ0) is 36.4. The highest BCUT2D eigenvalue weighted by atomic mass is 35.8. The van der Waals surface area contributed by atoms with Crippen molar-refractivity contribution in [1.82, 2.24) is 0 Å². The maximum Gasteiger partial charge on any atom is 0.372 e. The van der Waals surface area contributed by atoms with Crippen molar-refractivity contribution in [1.29, 1.82) is 0 Å². The third-order valence-electron chi connectivity index (χ3n) is 10.8. The molecule has 0 saturated heterocycles. The van der Waals surface area contributed by atoms with E-state index in [1.807, 2.05) is 6.07 Å². The molecule has 10 aromatic rings. The number of hydrogen-bond donors (Lipinski definition) is 0. The number of benzene rings is 10. The topological polar surface area (TPSA) is 0 Å². The standard InChI is InChI=1S/C50H31Cl3Si/c51-54(52,53)40-26-25-38-30-43-44(31-39(38)27-40)48(35-21-11-4-12-22-35)50-46(33-17-7-2-8-18-33)42-29-37-24-14-13-23-36(37)28-41(42)45(32-15-5-1-6-16-32)49(50)47(43)34-19-9-3-10-20-34/h1-31H. The molecule has 0 saturated carbocycles. The Kier molecular flexibility index (Phi) is 8.09. The lowest BCUT2D eigenvalue weighted by atomic mass is 9.77. The summed E-state index contributed by atoms with van der Waals surface area (Å²) < 4.78 is 0. The minimum absolute atomic E-state index is 0.777. The van der Waals surface area contributed by atoms with Crippen LogP contribution in [0.15, 0.2) is 188 Å². The van der Waals surface area contributed by atoms with Crippen molar-refractivity contribution in [2.75, 3.05) is 0 Å². The molecule has 10 aromatic carbocycles. The highest BCUT2D eigenvalue weighted by Crippen LogP contribution is 2.54. The Hall–Kier alpha value is -5.41. The molecular weight excluding hydrogens is 735 g/mol. The van der Waals surface area contributed by atoms with E-state index in [4.69, 9.17) is 33.2 Å². The fourth-order valence-electron chi connectivity index (χ4n) is 8.45. The molecule has 0 unspecified atom stereocenters. The lowest BCUT2D eigenvalue weighted by Gasteiger charge is -2.26. The first-order valence-electron chi connectivity index (χ1n) is 18.1. The zero-order valence-electron chi connectivity index (χ0n) is 29.0. The molecule has 0 spiro atoms. The summed E-state index contributed by atoms with van der Waals surface area (Å²) in [5.74, 6) is 0. The monoisotopic (exact) mass is 764 g/mol. The average Bonchev–Trinajstić information content (AvgIpc) is 3.21. The first-order valence-corrected chi connectivity index (χ1v) is 23.1. The van der Waals surface area contributed by atoms with E-state index in [0.717, 1.165) is 32.5 Å². The van der Waals surface area contributed by atoms with Crippen molar-refractivity contribution in [2.24, 2.45) is 0 Å². The Morgan fingerprint density at radius 1 is 0.278 bits per heavy atom. The van der Waals surface area contributed by atoms with Gasteiger partial charge in [0.1, 0.15) is 0 Å². The summed E-state index contributed by atoms with van der Waals surface area (Å²) in [4.78, 5) is 0. The smallest absolute Gasteiger partial charge is 0.121 e.